The van der Waals surface area contributed by atoms with E-state index in [2.05, 4.69) is 0 Å². The first-order chi connectivity index (χ1) is 7.22. The van der Waals surface area contributed by atoms with E-state index in [0.29, 0.717) is 5.92 Å². The Kier molecular flexibility index (Phi) is 1.93. The summed E-state index contributed by atoms with van der Waals surface area (Å²) in [4.78, 5) is 12.4. The molecule has 2 fully saturated rings. The second-order valence-corrected chi connectivity index (χ2v) is 5.82. The molecule has 0 atom stereocenters. The van der Waals surface area contributed by atoms with Crippen molar-refractivity contribution < 1.29 is 9.90 Å². The van der Waals surface area contributed by atoms with Gasteiger partial charge < -0.3 is 5.11 Å². The standard InChI is InChI=1S/C12H14O2S/c13-11(14)12(10-2-1-5-15-10)6-9(7-12)8-3-4-8/h1-2,5,8-9H,3-4,6-7H2,(H,13,14). The Balaban J connectivity index is 1.83. The lowest BCUT2D eigenvalue weighted by molar-refractivity contribution is -0.150. The van der Waals surface area contributed by atoms with E-state index in [1.165, 1.54) is 12.8 Å². The summed E-state index contributed by atoms with van der Waals surface area (Å²) in [5.74, 6) is 0.905. The lowest BCUT2D eigenvalue weighted by Gasteiger charge is -2.44. The summed E-state index contributed by atoms with van der Waals surface area (Å²) in [7, 11) is 0. The van der Waals surface area contributed by atoms with Crippen LogP contribution in [-0.4, -0.2) is 11.1 Å². The number of carboxylic acids is 1. The second-order valence-electron chi connectivity index (χ2n) is 4.87. The van der Waals surface area contributed by atoms with Gasteiger partial charge in [0.1, 0.15) is 5.41 Å². The molecular weight excluding hydrogens is 208 g/mol. The van der Waals surface area contributed by atoms with Crippen LogP contribution in [0.3, 0.4) is 0 Å². The highest BCUT2D eigenvalue weighted by Gasteiger charge is 2.55. The van der Waals surface area contributed by atoms with E-state index < -0.39 is 11.4 Å². The molecule has 1 N–H and O–H groups in total. The minimum Gasteiger partial charge on any atom is -0.481 e. The van der Waals surface area contributed by atoms with Crippen LogP contribution in [0.25, 0.3) is 0 Å². The summed E-state index contributed by atoms with van der Waals surface area (Å²) in [5, 5.41) is 11.4. The predicted octanol–water partition coefficient (Wildman–Crippen LogP) is 2.89. The molecule has 0 bridgehead atoms. The van der Waals surface area contributed by atoms with Gasteiger partial charge in [-0.15, -0.1) is 11.3 Å². The Morgan fingerprint density at radius 1 is 1.40 bits per heavy atom. The third kappa shape index (κ3) is 1.33. The van der Waals surface area contributed by atoms with Gasteiger partial charge in [-0.2, -0.15) is 0 Å². The highest BCUT2D eigenvalue weighted by Crippen LogP contribution is 2.57. The molecule has 0 unspecified atom stereocenters. The van der Waals surface area contributed by atoms with Crippen molar-refractivity contribution in [2.75, 3.05) is 0 Å². The molecule has 2 nitrogen and oxygen atoms in total. The van der Waals surface area contributed by atoms with Crippen LogP contribution in [-0.2, 0) is 10.2 Å². The summed E-state index contributed by atoms with van der Waals surface area (Å²) in [6.45, 7) is 0. The molecule has 15 heavy (non-hydrogen) atoms. The van der Waals surface area contributed by atoms with Crippen molar-refractivity contribution in [3.8, 4) is 0 Å². The summed E-state index contributed by atoms with van der Waals surface area (Å²) in [5.41, 5.74) is -0.526. The van der Waals surface area contributed by atoms with Gasteiger partial charge in [0.25, 0.3) is 0 Å². The third-order valence-corrected chi connectivity index (χ3v) is 4.99. The van der Waals surface area contributed by atoms with Gasteiger partial charge in [0.15, 0.2) is 0 Å². The molecule has 80 valence electrons. The highest BCUT2D eigenvalue weighted by molar-refractivity contribution is 7.10. The third-order valence-electron chi connectivity index (χ3n) is 3.91. The van der Waals surface area contributed by atoms with Gasteiger partial charge in [-0.05, 0) is 49.0 Å². The Labute approximate surface area is 92.9 Å². The molecule has 2 saturated carbocycles. The van der Waals surface area contributed by atoms with E-state index in [1.807, 2.05) is 17.5 Å². The lowest BCUT2D eigenvalue weighted by Crippen LogP contribution is -2.48. The molecule has 0 amide bonds. The van der Waals surface area contributed by atoms with Gasteiger partial charge in [-0.3, -0.25) is 4.79 Å². The highest BCUT2D eigenvalue weighted by atomic mass is 32.1. The van der Waals surface area contributed by atoms with E-state index in [9.17, 15) is 9.90 Å². The molecule has 1 heterocycles. The fraction of sp³-hybridized carbons (Fsp3) is 0.583. The summed E-state index contributed by atoms with van der Waals surface area (Å²) in [6, 6.07) is 3.93. The van der Waals surface area contributed by atoms with Gasteiger partial charge in [-0.1, -0.05) is 6.07 Å². The largest absolute Gasteiger partial charge is 0.481 e. The van der Waals surface area contributed by atoms with Gasteiger partial charge in [0.2, 0.25) is 0 Å². The molecular formula is C12H14O2S. The van der Waals surface area contributed by atoms with Crippen LogP contribution in [0.15, 0.2) is 17.5 Å². The van der Waals surface area contributed by atoms with E-state index >= 15 is 0 Å². The van der Waals surface area contributed by atoms with Gasteiger partial charge >= 0.3 is 5.97 Å². The van der Waals surface area contributed by atoms with Crippen LogP contribution >= 0.6 is 11.3 Å². The van der Waals surface area contributed by atoms with Crippen molar-refractivity contribution in [2.45, 2.75) is 31.1 Å². The Hall–Kier alpha value is -0.830. The molecule has 2 aliphatic carbocycles. The fourth-order valence-electron chi connectivity index (χ4n) is 2.77. The number of hydrogen-bond acceptors (Lipinski definition) is 2. The average Bonchev–Trinajstić information content (AvgIpc) is 2.79. The maximum Gasteiger partial charge on any atom is 0.314 e. The van der Waals surface area contributed by atoms with Crippen molar-refractivity contribution >= 4 is 17.3 Å². The first-order valence-corrected chi connectivity index (χ1v) is 6.38. The SMILES string of the molecule is O=C(O)C1(c2cccs2)CC(C2CC2)C1. The Morgan fingerprint density at radius 3 is 2.60 bits per heavy atom. The first-order valence-electron chi connectivity index (χ1n) is 5.50. The van der Waals surface area contributed by atoms with E-state index in [0.717, 1.165) is 23.6 Å². The quantitative estimate of drug-likeness (QED) is 0.853. The number of hydrogen-bond donors (Lipinski definition) is 1. The number of rotatable bonds is 3. The molecule has 0 aromatic carbocycles. The van der Waals surface area contributed by atoms with E-state index in [1.54, 1.807) is 11.3 Å². The van der Waals surface area contributed by atoms with Crippen LogP contribution in [0.4, 0.5) is 0 Å². The Morgan fingerprint density at radius 2 is 2.13 bits per heavy atom. The zero-order valence-electron chi connectivity index (χ0n) is 8.48. The topological polar surface area (TPSA) is 37.3 Å². The molecule has 0 saturated heterocycles. The molecule has 3 rings (SSSR count). The van der Waals surface area contributed by atoms with Crippen LogP contribution in [0.2, 0.25) is 0 Å². The molecule has 0 radical (unpaired) electrons. The second kappa shape index (κ2) is 3.08. The van der Waals surface area contributed by atoms with Gasteiger partial charge in [-0.25, -0.2) is 0 Å². The minimum atomic E-state index is -0.623. The van der Waals surface area contributed by atoms with Crippen LogP contribution in [0, 0.1) is 11.8 Å². The maximum atomic E-state index is 11.4. The zero-order valence-corrected chi connectivity index (χ0v) is 9.30. The minimum absolute atomic E-state index is 0.526. The van der Waals surface area contributed by atoms with E-state index in [4.69, 9.17) is 0 Å². The summed E-state index contributed by atoms with van der Waals surface area (Å²) >= 11 is 1.59. The van der Waals surface area contributed by atoms with Crippen LogP contribution in [0.5, 0.6) is 0 Å². The van der Waals surface area contributed by atoms with Gasteiger partial charge in [0, 0.05) is 4.88 Å². The summed E-state index contributed by atoms with van der Waals surface area (Å²) in [6.07, 6.45) is 4.39. The Bertz CT molecular complexity index is 372. The molecule has 0 spiro atoms. The van der Waals surface area contributed by atoms with Crippen molar-refractivity contribution in [1.82, 2.24) is 0 Å². The zero-order chi connectivity index (χ0) is 10.5. The summed E-state index contributed by atoms with van der Waals surface area (Å²) < 4.78 is 0. The van der Waals surface area contributed by atoms with Crippen LogP contribution in [0.1, 0.15) is 30.6 Å². The molecule has 1 aromatic rings. The first kappa shape index (κ1) is 9.40. The molecule has 0 aliphatic heterocycles. The number of aliphatic carboxylic acids is 1. The fourth-order valence-corrected chi connectivity index (χ4v) is 3.71. The van der Waals surface area contributed by atoms with Crippen molar-refractivity contribution in [3.05, 3.63) is 22.4 Å². The smallest absolute Gasteiger partial charge is 0.314 e. The number of thiophene rings is 1. The predicted molar refractivity (Wildman–Crippen MR) is 59.1 cm³/mol. The van der Waals surface area contributed by atoms with Crippen molar-refractivity contribution in [1.29, 1.82) is 0 Å². The number of carboxylic acid groups (broad SMARTS) is 1. The molecule has 2 aliphatic rings. The lowest BCUT2D eigenvalue weighted by atomic mass is 9.59. The molecule has 1 aromatic heterocycles. The van der Waals surface area contributed by atoms with Crippen molar-refractivity contribution in [2.24, 2.45) is 11.8 Å². The van der Waals surface area contributed by atoms with E-state index in [-0.39, 0.29) is 0 Å². The monoisotopic (exact) mass is 222 g/mol. The maximum absolute atomic E-state index is 11.4. The molecule has 3 heteroatoms. The normalized spacial score (nSPS) is 34.8. The number of carbonyl (C=O) groups is 1. The van der Waals surface area contributed by atoms with Crippen LogP contribution < -0.4 is 0 Å². The van der Waals surface area contributed by atoms with Gasteiger partial charge in [0.05, 0.1) is 0 Å². The average molecular weight is 222 g/mol. The van der Waals surface area contributed by atoms with Crippen molar-refractivity contribution in [3.63, 3.8) is 0 Å².